The standard InChI is InChI=1S/C20H31N5O2/c1-13-7-8-16(12-18(13)25-10-5-6-19(25)26)21-20(27)24(4)11-9-17-14(2)22-23-15(17)3/h7-8,12,14-15,17,22-23H,5-6,9-11H2,1-4H3,(H,21,27). The highest BCUT2D eigenvalue weighted by Crippen LogP contribution is 2.28. The minimum atomic E-state index is -0.128. The molecule has 27 heavy (non-hydrogen) atoms. The zero-order valence-corrected chi connectivity index (χ0v) is 16.7. The van der Waals surface area contributed by atoms with Gasteiger partial charge in [-0.1, -0.05) is 6.07 Å². The van der Waals surface area contributed by atoms with E-state index in [1.165, 1.54) is 0 Å². The van der Waals surface area contributed by atoms with Crippen molar-refractivity contribution in [2.45, 2.75) is 52.1 Å². The number of carbonyl (C=O) groups excluding carboxylic acids is 2. The van der Waals surface area contributed by atoms with Gasteiger partial charge >= 0.3 is 6.03 Å². The molecule has 7 heteroatoms. The Labute approximate surface area is 161 Å². The van der Waals surface area contributed by atoms with Gasteiger partial charge in [-0.25, -0.2) is 4.79 Å². The highest BCUT2D eigenvalue weighted by molar-refractivity contribution is 5.97. The predicted molar refractivity (Wildman–Crippen MR) is 108 cm³/mol. The number of benzene rings is 1. The summed E-state index contributed by atoms with van der Waals surface area (Å²) in [4.78, 5) is 28.2. The fourth-order valence-electron chi connectivity index (χ4n) is 3.95. The second kappa shape index (κ2) is 8.27. The molecule has 3 amide bonds. The van der Waals surface area contributed by atoms with Crippen LogP contribution in [-0.2, 0) is 4.79 Å². The van der Waals surface area contributed by atoms with Crippen LogP contribution in [0.3, 0.4) is 0 Å². The Morgan fingerprint density at radius 3 is 2.63 bits per heavy atom. The maximum atomic E-state index is 12.6. The first-order chi connectivity index (χ1) is 12.9. The van der Waals surface area contributed by atoms with E-state index in [0.29, 0.717) is 31.0 Å². The van der Waals surface area contributed by atoms with E-state index in [1.807, 2.05) is 37.1 Å². The van der Waals surface area contributed by atoms with E-state index < -0.39 is 0 Å². The molecule has 0 bridgehead atoms. The van der Waals surface area contributed by atoms with Gasteiger partial charge in [-0.15, -0.1) is 0 Å². The summed E-state index contributed by atoms with van der Waals surface area (Å²) in [6, 6.07) is 6.41. The Morgan fingerprint density at radius 1 is 1.30 bits per heavy atom. The van der Waals surface area contributed by atoms with Crippen molar-refractivity contribution < 1.29 is 9.59 Å². The Morgan fingerprint density at radius 2 is 2.00 bits per heavy atom. The number of anilines is 2. The summed E-state index contributed by atoms with van der Waals surface area (Å²) in [5.41, 5.74) is 9.16. The van der Waals surface area contributed by atoms with E-state index >= 15 is 0 Å². The molecular formula is C20H31N5O2. The van der Waals surface area contributed by atoms with Crippen LogP contribution in [0, 0.1) is 12.8 Å². The minimum absolute atomic E-state index is 0.128. The van der Waals surface area contributed by atoms with Gasteiger partial charge in [-0.3, -0.25) is 15.6 Å². The summed E-state index contributed by atoms with van der Waals surface area (Å²) in [5.74, 6) is 0.646. The summed E-state index contributed by atoms with van der Waals surface area (Å²) in [6.07, 6.45) is 2.42. The van der Waals surface area contributed by atoms with Crippen molar-refractivity contribution in [3.63, 3.8) is 0 Å². The predicted octanol–water partition coefficient (Wildman–Crippen LogP) is 2.48. The third kappa shape index (κ3) is 4.42. The molecule has 1 aromatic carbocycles. The quantitative estimate of drug-likeness (QED) is 0.741. The van der Waals surface area contributed by atoms with Crippen molar-refractivity contribution in [3.8, 4) is 0 Å². The van der Waals surface area contributed by atoms with Crippen LogP contribution in [0.25, 0.3) is 0 Å². The highest BCUT2D eigenvalue weighted by atomic mass is 16.2. The van der Waals surface area contributed by atoms with Gasteiger partial charge in [0.1, 0.15) is 0 Å². The lowest BCUT2D eigenvalue weighted by molar-refractivity contribution is -0.117. The lowest BCUT2D eigenvalue weighted by Gasteiger charge is -2.24. The van der Waals surface area contributed by atoms with Gasteiger partial charge in [0.25, 0.3) is 0 Å². The smallest absolute Gasteiger partial charge is 0.321 e. The molecule has 0 aromatic heterocycles. The zero-order chi connectivity index (χ0) is 19.6. The maximum Gasteiger partial charge on any atom is 0.321 e. The molecule has 2 saturated heterocycles. The molecule has 7 nitrogen and oxygen atoms in total. The van der Waals surface area contributed by atoms with Crippen molar-refractivity contribution in [1.29, 1.82) is 0 Å². The number of nitrogens with zero attached hydrogens (tertiary/aromatic N) is 2. The first-order valence-electron chi connectivity index (χ1n) is 9.81. The summed E-state index contributed by atoms with van der Waals surface area (Å²) in [5, 5.41) is 2.96. The number of amides is 3. The molecule has 0 saturated carbocycles. The van der Waals surface area contributed by atoms with Crippen molar-refractivity contribution in [3.05, 3.63) is 23.8 Å². The summed E-state index contributed by atoms with van der Waals surface area (Å²) >= 11 is 0. The molecule has 3 N–H and O–H groups in total. The summed E-state index contributed by atoms with van der Waals surface area (Å²) in [6.45, 7) is 7.75. The van der Waals surface area contributed by atoms with Gasteiger partial charge in [-0.05, 0) is 57.2 Å². The van der Waals surface area contributed by atoms with Crippen LogP contribution in [0.15, 0.2) is 18.2 Å². The van der Waals surface area contributed by atoms with Gasteiger partial charge in [0.2, 0.25) is 5.91 Å². The monoisotopic (exact) mass is 373 g/mol. The fraction of sp³-hybridized carbons (Fsp3) is 0.600. The molecule has 2 atom stereocenters. The van der Waals surface area contributed by atoms with Crippen LogP contribution in [0.2, 0.25) is 0 Å². The third-order valence-electron chi connectivity index (χ3n) is 5.79. The molecule has 2 fully saturated rings. The Balaban J connectivity index is 1.59. The molecule has 2 heterocycles. The van der Waals surface area contributed by atoms with Crippen molar-refractivity contribution in [2.75, 3.05) is 30.4 Å². The Hall–Kier alpha value is -2.12. The van der Waals surface area contributed by atoms with Gasteiger partial charge in [0, 0.05) is 50.0 Å². The van der Waals surface area contributed by atoms with Crippen LogP contribution in [0.1, 0.15) is 38.7 Å². The summed E-state index contributed by atoms with van der Waals surface area (Å²) < 4.78 is 0. The fourth-order valence-corrected chi connectivity index (χ4v) is 3.95. The molecule has 0 spiro atoms. The zero-order valence-electron chi connectivity index (χ0n) is 16.7. The SMILES string of the molecule is Cc1ccc(NC(=O)N(C)CCC2C(C)NNC2C)cc1N1CCCC1=O. The number of carbonyl (C=O) groups is 2. The lowest BCUT2D eigenvalue weighted by Crippen LogP contribution is -2.35. The van der Waals surface area contributed by atoms with E-state index in [1.54, 1.807) is 4.90 Å². The van der Waals surface area contributed by atoms with Crippen LogP contribution in [-0.4, -0.2) is 49.1 Å². The molecule has 2 aliphatic heterocycles. The van der Waals surface area contributed by atoms with Gasteiger partial charge < -0.3 is 15.1 Å². The molecule has 0 radical (unpaired) electrons. The number of nitrogens with one attached hydrogen (secondary N) is 3. The Kier molecular flexibility index (Phi) is 6.01. The first-order valence-corrected chi connectivity index (χ1v) is 9.81. The van der Waals surface area contributed by atoms with Crippen LogP contribution < -0.4 is 21.1 Å². The summed E-state index contributed by atoms with van der Waals surface area (Å²) in [7, 11) is 1.82. The minimum Gasteiger partial charge on any atom is -0.328 e. The second-order valence-electron chi connectivity index (χ2n) is 7.82. The normalized spacial score (nSPS) is 25.1. The number of hydrogen-bond acceptors (Lipinski definition) is 4. The topological polar surface area (TPSA) is 76.7 Å². The van der Waals surface area contributed by atoms with Crippen LogP contribution in [0.4, 0.5) is 16.2 Å². The number of hydrazine groups is 1. The number of urea groups is 1. The molecule has 1 aromatic rings. The van der Waals surface area contributed by atoms with Crippen LogP contribution in [0.5, 0.6) is 0 Å². The Bertz CT molecular complexity index is 698. The van der Waals surface area contributed by atoms with E-state index in [0.717, 1.165) is 36.3 Å². The molecule has 3 rings (SSSR count). The first kappa shape index (κ1) is 19.6. The lowest BCUT2D eigenvalue weighted by atomic mass is 9.93. The van der Waals surface area contributed by atoms with Crippen LogP contribution >= 0.6 is 0 Å². The van der Waals surface area contributed by atoms with Crippen molar-refractivity contribution in [2.24, 2.45) is 5.92 Å². The van der Waals surface area contributed by atoms with Gasteiger partial charge in [0.05, 0.1) is 0 Å². The average molecular weight is 374 g/mol. The van der Waals surface area contributed by atoms with Crippen molar-refractivity contribution in [1.82, 2.24) is 15.8 Å². The highest BCUT2D eigenvalue weighted by Gasteiger charge is 2.30. The largest absolute Gasteiger partial charge is 0.328 e. The number of hydrogen-bond donors (Lipinski definition) is 3. The van der Waals surface area contributed by atoms with Gasteiger partial charge in [0.15, 0.2) is 0 Å². The molecule has 148 valence electrons. The van der Waals surface area contributed by atoms with E-state index in [9.17, 15) is 9.59 Å². The molecule has 0 aliphatic carbocycles. The molecular weight excluding hydrogens is 342 g/mol. The second-order valence-corrected chi connectivity index (χ2v) is 7.82. The third-order valence-corrected chi connectivity index (χ3v) is 5.79. The van der Waals surface area contributed by atoms with Crippen molar-refractivity contribution >= 4 is 23.3 Å². The molecule has 2 aliphatic rings. The number of rotatable bonds is 5. The van der Waals surface area contributed by atoms with E-state index in [4.69, 9.17) is 0 Å². The molecule has 2 unspecified atom stereocenters. The maximum absolute atomic E-state index is 12.6. The van der Waals surface area contributed by atoms with Gasteiger partial charge in [-0.2, -0.15) is 0 Å². The van der Waals surface area contributed by atoms with E-state index in [2.05, 4.69) is 30.0 Å². The number of aryl methyl sites for hydroxylation is 1. The average Bonchev–Trinajstić information content (AvgIpc) is 3.20. The van der Waals surface area contributed by atoms with E-state index in [-0.39, 0.29) is 11.9 Å².